The lowest BCUT2D eigenvalue weighted by atomic mass is 9.92. The quantitative estimate of drug-likeness (QED) is 0.693. The third-order valence-corrected chi connectivity index (χ3v) is 6.51. The molecule has 0 saturated carbocycles. The van der Waals surface area contributed by atoms with Gasteiger partial charge in [-0.15, -0.1) is 11.8 Å². The molecule has 1 aromatic heterocycles. The monoisotopic (exact) mass is 318 g/mol. The topological polar surface area (TPSA) is 24.9 Å². The molecule has 2 aliphatic rings. The molecule has 3 aromatic rings. The van der Waals surface area contributed by atoms with Crippen LogP contribution >= 0.6 is 11.8 Å². The van der Waals surface area contributed by atoms with Crippen molar-refractivity contribution in [3.8, 4) is 0 Å². The zero-order valence-electron chi connectivity index (χ0n) is 12.8. The number of thioether (sulfide) groups is 1. The Morgan fingerprint density at radius 1 is 0.957 bits per heavy atom. The van der Waals surface area contributed by atoms with E-state index in [4.69, 9.17) is 4.98 Å². The molecule has 3 heteroatoms. The van der Waals surface area contributed by atoms with Gasteiger partial charge < -0.3 is 5.32 Å². The van der Waals surface area contributed by atoms with Crippen LogP contribution in [0, 0.1) is 0 Å². The van der Waals surface area contributed by atoms with Crippen LogP contribution in [0.2, 0.25) is 0 Å². The molecule has 2 atom stereocenters. The summed E-state index contributed by atoms with van der Waals surface area (Å²) in [7, 11) is 0. The highest BCUT2D eigenvalue weighted by Crippen LogP contribution is 2.62. The molecule has 1 fully saturated rings. The van der Waals surface area contributed by atoms with Crippen molar-refractivity contribution in [1.29, 1.82) is 0 Å². The third kappa shape index (κ3) is 2.14. The average Bonchev–Trinajstić information content (AvgIpc) is 3.21. The van der Waals surface area contributed by atoms with Gasteiger partial charge in [0, 0.05) is 28.0 Å². The molecule has 2 nitrogen and oxygen atoms in total. The molecule has 114 valence electrons. The number of nitrogens with one attached hydrogen (secondary N) is 1. The van der Waals surface area contributed by atoms with E-state index >= 15 is 0 Å². The number of fused-ring (bicyclic) bond motifs is 6. The van der Waals surface area contributed by atoms with E-state index in [0.29, 0.717) is 10.5 Å². The largest absolute Gasteiger partial charge is 0.380 e. The van der Waals surface area contributed by atoms with Gasteiger partial charge in [-0.1, -0.05) is 48.5 Å². The summed E-state index contributed by atoms with van der Waals surface area (Å²) in [6.45, 7) is 0.864. The van der Waals surface area contributed by atoms with E-state index in [2.05, 4.69) is 71.7 Å². The minimum atomic E-state index is 0.608. The summed E-state index contributed by atoms with van der Waals surface area (Å²) in [6.07, 6.45) is 2.58. The fourth-order valence-electron chi connectivity index (χ4n) is 3.84. The number of benzene rings is 2. The summed E-state index contributed by atoms with van der Waals surface area (Å²) in [4.78, 5) is 4.99. The maximum absolute atomic E-state index is 4.99. The van der Waals surface area contributed by atoms with E-state index in [1.54, 1.807) is 0 Å². The molecule has 5 rings (SSSR count). The lowest BCUT2D eigenvalue weighted by molar-refractivity contribution is 0.703. The molecule has 2 bridgehead atoms. The van der Waals surface area contributed by atoms with Crippen molar-refractivity contribution >= 4 is 28.4 Å². The maximum Gasteiger partial charge on any atom is 0.0726 e. The molecule has 0 radical (unpaired) electrons. The molecule has 2 unspecified atom stereocenters. The molecular weight excluding hydrogens is 300 g/mol. The first-order valence-electron chi connectivity index (χ1n) is 8.26. The summed E-state index contributed by atoms with van der Waals surface area (Å²) in [5.41, 5.74) is 6.56. The van der Waals surface area contributed by atoms with E-state index in [-0.39, 0.29) is 0 Å². The molecule has 2 aliphatic heterocycles. The van der Waals surface area contributed by atoms with Gasteiger partial charge in [-0.05, 0) is 24.5 Å². The van der Waals surface area contributed by atoms with Crippen LogP contribution < -0.4 is 5.32 Å². The molecular formula is C20H18N2S. The van der Waals surface area contributed by atoms with Crippen molar-refractivity contribution in [2.45, 2.75) is 29.9 Å². The van der Waals surface area contributed by atoms with Gasteiger partial charge >= 0.3 is 0 Å². The van der Waals surface area contributed by atoms with E-state index in [0.717, 1.165) is 12.1 Å². The number of rotatable bonds is 3. The Balaban J connectivity index is 1.63. The van der Waals surface area contributed by atoms with E-state index in [1.807, 2.05) is 0 Å². The van der Waals surface area contributed by atoms with Crippen LogP contribution in [-0.2, 0) is 6.54 Å². The van der Waals surface area contributed by atoms with E-state index in [9.17, 15) is 0 Å². The second-order valence-corrected chi connectivity index (χ2v) is 7.74. The SMILES string of the molecule is c1ccc(CNc2c3c(nc4ccccc24)C2CCC3S2)cc1. The van der Waals surface area contributed by atoms with Gasteiger partial charge in [-0.2, -0.15) is 0 Å². The van der Waals surface area contributed by atoms with Crippen molar-refractivity contribution in [2.24, 2.45) is 0 Å². The smallest absolute Gasteiger partial charge is 0.0726 e. The van der Waals surface area contributed by atoms with Crippen molar-refractivity contribution in [2.75, 3.05) is 5.32 Å². The van der Waals surface area contributed by atoms with Crippen LogP contribution in [0.25, 0.3) is 10.9 Å². The summed E-state index contributed by atoms with van der Waals surface area (Å²) in [6, 6.07) is 19.2. The predicted octanol–water partition coefficient (Wildman–Crippen LogP) is 5.47. The fraction of sp³-hybridized carbons (Fsp3) is 0.250. The first-order chi connectivity index (χ1) is 11.4. The molecule has 2 aromatic carbocycles. The molecule has 0 aliphatic carbocycles. The van der Waals surface area contributed by atoms with E-state index in [1.165, 1.54) is 40.7 Å². The summed E-state index contributed by atoms with van der Waals surface area (Å²) < 4.78 is 0. The minimum absolute atomic E-state index is 0.608. The zero-order valence-corrected chi connectivity index (χ0v) is 13.6. The van der Waals surface area contributed by atoms with Gasteiger partial charge in [0.2, 0.25) is 0 Å². The number of aromatic nitrogens is 1. The van der Waals surface area contributed by atoms with Crippen LogP contribution in [0.3, 0.4) is 0 Å². The Morgan fingerprint density at radius 3 is 2.65 bits per heavy atom. The zero-order chi connectivity index (χ0) is 15.2. The fourth-order valence-corrected chi connectivity index (χ4v) is 5.47. The summed E-state index contributed by atoms with van der Waals surface area (Å²) in [5.74, 6) is 0. The Hall–Kier alpha value is -2.00. The Bertz CT molecular complexity index is 875. The van der Waals surface area contributed by atoms with Gasteiger partial charge in [0.15, 0.2) is 0 Å². The van der Waals surface area contributed by atoms with Crippen molar-refractivity contribution < 1.29 is 0 Å². The van der Waals surface area contributed by atoms with Crippen LogP contribution in [0.15, 0.2) is 54.6 Å². The number of hydrogen-bond donors (Lipinski definition) is 1. The molecule has 23 heavy (non-hydrogen) atoms. The lowest BCUT2D eigenvalue weighted by Gasteiger charge is -2.20. The number of nitrogens with zero attached hydrogens (tertiary/aromatic N) is 1. The van der Waals surface area contributed by atoms with Gasteiger partial charge in [0.25, 0.3) is 0 Å². The average molecular weight is 318 g/mol. The molecule has 1 N–H and O–H groups in total. The number of anilines is 1. The van der Waals surface area contributed by atoms with Gasteiger partial charge in [0.1, 0.15) is 0 Å². The predicted molar refractivity (Wildman–Crippen MR) is 97.8 cm³/mol. The van der Waals surface area contributed by atoms with Crippen molar-refractivity contribution in [1.82, 2.24) is 4.98 Å². The van der Waals surface area contributed by atoms with Gasteiger partial charge in [-0.3, -0.25) is 4.98 Å². The highest BCUT2D eigenvalue weighted by atomic mass is 32.2. The van der Waals surface area contributed by atoms with E-state index < -0.39 is 0 Å². The first-order valence-corrected chi connectivity index (χ1v) is 9.20. The molecule has 0 spiro atoms. The minimum Gasteiger partial charge on any atom is -0.380 e. The molecule has 3 heterocycles. The standard InChI is InChI=1S/C20H18N2S/c1-2-6-13(7-3-1)12-21-19-14-8-4-5-9-15(14)22-20-17-11-10-16(23-17)18(19)20/h1-9,16-17H,10-12H2,(H,21,22). The first kappa shape index (κ1) is 13.4. The Morgan fingerprint density at radius 2 is 1.74 bits per heavy atom. The van der Waals surface area contributed by atoms with Gasteiger partial charge in [-0.25, -0.2) is 0 Å². The second kappa shape index (κ2) is 5.27. The Labute approximate surface area is 140 Å². The summed E-state index contributed by atoms with van der Waals surface area (Å²) in [5, 5.41) is 6.23. The second-order valence-electron chi connectivity index (χ2n) is 6.33. The van der Waals surface area contributed by atoms with Crippen LogP contribution in [0.5, 0.6) is 0 Å². The maximum atomic E-state index is 4.99. The van der Waals surface area contributed by atoms with Gasteiger partial charge in [0.05, 0.1) is 16.9 Å². The van der Waals surface area contributed by atoms with Crippen LogP contribution in [0.4, 0.5) is 5.69 Å². The van der Waals surface area contributed by atoms with Crippen molar-refractivity contribution in [3.63, 3.8) is 0 Å². The lowest BCUT2D eigenvalue weighted by Crippen LogP contribution is -2.09. The van der Waals surface area contributed by atoms with Crippen LogP contribution in [0.1, 0.15) is 40.2 Å². The number of hydrogen-bond acceptors (Lipinski definition) is 3. The molecule has 0 amide bonds. The van der Waals surface area contributed by atoms with Crippen LogP contribution in [-0.4, -0.2) is 4.98 Å². The normalized spacial score (nSPS) is 21.6. The summed E-state index contributed by atoms with van der Waals surface area (Å²) >= 11 is 2.10. The number of para-hydroxylation sites is 1. The highest BCUT2D eigenvalue weighted by Gasteiger charge is 2.41. The number of pyridine rings is 1. The third-order valence-electron chi connectivity index (χ3n) is 4.92. The van der Waals surface area contributed by atoms with Crippen molar-refractivity contribution in [3.05, 3.63) is 71.4 Å². The Kier molecular flexibility index (Phi) is 3.08. The highest BCUT2D eigenvalue weighted by molar-refractivity contribution is 8.00. The molecule has 1 saturated heterocycles.